The predicted molar refractivity (Wildman–Crippen MR) is 131 cm³/mol. The molecule has 0 spiro atoms. The summed E-state index contributed by atoms with van der Waals surface area (Å²) in [5.41, 5.74) is -2.46. The van der Waals surface area contributed by atoms with Crippen LogP contribution in [0, 0.1) is 18.3 Å². The van der Waals surface area contributed by atoms with E-state index in [1.807, 2.05) is 0 Å². The van der Waals surface area contributed by atoms with Crippen LogP contribution in [0.15, 0.2) is 12.3 Å². The van der Waals surface area contributed by atoms with E-state index in [9.17, 15) is 31.9 Å². The molecule has 2 aromatic heterocycles. The molecule has 2 N–H and O–H groups in total. The maximum Gasteiger partial charge on any atom is 0.394 e. The minimum absolute atomic E-state index is 0.0416. The van der Waals surface area contributed by atoms with Gasteiger partial charge in [0.2, 0.25) is 0 Å². The van der Waals surface area contributed by atoms with Crippen LogP contribution in [0.5, 0.6) is 5.75 Å². The average molecular weight is 547 g/mol. The number of nitrogens with zero attached hydrogens (tertiary/aromatic N) is 3. The fourth-order valence-corrected chi connectivity index (χ4v) is 4.64. The van der Waals surface area contributed by atoms with Crippen molar-refractivity contribution in [3.63, 3.8) is 0 Å². The molecule has 0 unspecified atom stereocenters. The van der Waals surface area contributed by atoms with Gasteiger partial charge in [-0.15, -0.1) is 0 Å². The summed E-state index contributed by atoms with van der Waals surface area (Å²) in [7, 11) is 0. The molecule has 0 atom stereocenters. The second-order valence-corrected chi connectivity index (χ2v) is 10.8. The third-order valence-corrected chi connectivity index (χ3v) is 7.27. The lowest BCUT2D eigenvalue weighted by Gasteiger charge is -2.34. The van der Waals surface area contributed by atoms with Crippen LogP contribution in [0.25, 0.3) is 11.3 Å². The lowest BCUT2D eigenvalue weighted by molar-refractivity contribution is -0.211. The zero-order valence-electron chi connectivity index (χ0n) is 22.3. The van der Waals surface area contributed by atoms with Gasteiger partial charge in [-0.25, -0.2) is 0 Å². The van der Waals surface area contributed by atoms with Gasteiger partial charge in [0.15, 0.2) is 5.69 Å². The van der Waals surface area contributed by atoms with Crippen LogP contribution in [0.1, 0.15) is 75.1 Å². The summed E-state index contributed by atoms with van der Waals surface area (Å²) in [5.74, 6) is -0.380. The van der Waals surface area contributed by atoms with E-state index in [1.165, 1.54) is 10.9 Å². The molecule has 1 aliphatic carbocycles. The Morgan fingerprint density at radius 2 is 1.92 bits per heavy atom. The normalized spacial score (nSPS) is 20.6. The SMILES string of the molecule is CCn1nc(C(=O)NC[C@]2(O)CC[C@@H](C)CC2)c(C)c1-c1cnc(CC(C)(C)C(F)(F)F)cc1OC(F)F. The monoisotopic (exact) mass is 546 g/mol. The van der Waals surface area contributed by atoms with Gasteiger partial charge in [0.05, 0.1) is 22.3 Å². The van der Waals surface area contributed by atoms with Crippen molar-refractivity contribution >= 4 is 5.91 Å². The number of nitrogens with one attached hydrogen (secondary N) is 1. The maximum absolute atomic E-state index is 13.4. The van der Waals surface area contributed by atoms with Crippen molar-refractivity contribution in [1.29, 1.82) is 0 Å². The molecule has 0 radical (unpaired) electrons. The fraction of sp³-hybridized carbons (Fsp3) is 0.654. The van der Waals surface area contributed by atoms with Gasteiger partial charge in [0, 0.05) is 43.0 Å². The highest BCUT2D eigenvalue weighted by atomic mass is 19.4. The zero-order chi connectivity index (χ0) is 28.5. The van der Waals surface area contributed by atoms with E-state index in [0.717, 1.165) is 32.8 Å². The third-order valence-electron chi connectivity index (χ3n) is 7.27. The van der Waals surface area contributed by atoms with Gasteiger partial charge >= 0.3 is 12.8 Å². The molecule has 7 nitrogen and oxygen atoms in total. The highest BCUT2D eigenvalue weighted by molar-refractivity contribution is 5.95. The van der Waals surface area contributed by atoms with Crippen molar-refractivity contribution < 1.29 is 36.6 Å². The average Bonchev–Trinajstić information content (AvgIpc) is 3.15. The van der Waals surface area contributed by atoms with Crippen LogP contribution in [0.2, 0.25) is 0 Å². The molecule has 0 bridgehead atoms. The first kappa shape index (κ1) is 29.8. The third kappa shape index (κ3) is 6.62. The van der Waals surface area contributed by atoms with Crippen molar-refractivity contribution in [2.45, 2.75) is 91.7 Å². The van der Waals surface area contributed by atoms with Crippen LogP contribution in [-0.2, 0) is 13.0 Å². The van der Waals surface area contributed by atoms with Crippen molar-refractivity contribution in [1.82, 2.24) is 20.1 Å². The van der Waals surface area contributed by atoms with Gasteiger partial charge in [-0.05, 0) is 45.4 Å². The van der Waals surface area contributed by atoms with Gasteiger partial charge in [0.1, 0.15) is 5.75 Å². The summed E-state index contributed by atoms with van der Waals surface area (Å²) < 4.78 is 72.9. The zero-order valence-corrected chi connectivity index (χ0v) is 22.3. The summed E-state index contributed by atoms with van der Waals surface area (Å²) in [4.78, 5) is 17.1. The number of halogens is 5. The molecule has 3 rings (SSSR count). The predicted octanol–water partition coefficient (Wildman–Crippen LogP) is 5.68. The summed E-state index contributed by atoms with van der Waals surface area (Å²) in [6.07, 6.45) is -1.05. The number of pyridine rings is 1. The molecule has 2 heterocycles. The lowest BCUT2D eigenvalue weighted by atomic mass is 9.79. The van der Waals surface area contributed by atoms with Gasteiger partial charge in [-0.2, -0.15) is 27.1 Å². The summed E-state index contributed by atoms with van der Waals surface area (Å²) >= 11 is 0. The number of aromatic nitrogens is 3. The second-order valence-electron chi connectivity index (χ2n) is 10.8. The highest BCUT2D eigenvalue weighted by Crippen LogP contribution is 2.41. The molecule has 1 amide bonds. The first-order chi connectivity index (χ1) is 17.6. The molecule has 212 valence electrons. The number of hydrogen-bond acceptors (Lipinski definition) is 5. The maximum atomic E-state index is 13.4. The number of aryl methyl sites for hydroxylation is 1. The topological polar surface area (TPSA) is 89.3 Å². The smallest absolute Gasteiger partial charge is 0.394 e. The van der Waals surface area contributed by atoms with E-state index in [1.54, 1.807) is 13.8 Å². The number of aliphatic hydroxyl groups is 1. The Hall–Kier alpha value is -2.76. The second kappa shape index (κ2) is 11.2. The van der Waals surface area contributed by atoms with Gasteiger partial charge < -0.3 is 15.2 Å². The van der Waals surface area contributed by atoms with Crippen LogP contribution in [-0.4, -0.2) is 50.7 Å². The number of alkyl halides is 5. The first-order valence-corrected chi connectivity index (χ1v) is 12.7. The number of carbonyl (C=O) groups excluding carboxylic acids is 1. The molecule has 38 heavy (non-hydrogen) atoms. The van der Waals surface area contributed by atoms with Gasteiger partial charge in [-0.3, -0.25) is 14.5 Å². The Morgan fingerprint density at radius 1 is 1.29 bits per heavy atom. The van der Waals surface area contributed by atoms with E-state index in [-0.39, 0.29) is 41.5 Å². The van der Waals surface area contributed by atoms with Crippen molar-refractivity contribution in [3.05, 3.63) is 29.2 Å². The number of hydrogen-bond donors (Lipinski definition) is 2. The van der Waals surface area contributed by atoms with Crippen LogP contribution in [0.4, 0.5) is 22.0 Å². The molecule has 0 aliphatic heterocycles. The molecule has 2 aromatic rings. The Morgan fingerprint density at radius 3 is 2.47 bits per heavy atom. The number of amides is 1. The molecule has 1 aliphatic rings. The fourth-order valence-electron chi connectivity index (χ4n) is 4.64. The molecule has 1 fully saturated rings. The molecule has 0 saturated heterocycles. The van der Waals surface area contributed by atoms with Crippen LogP contribution in [0.3, 0.4) is 0 Å². The van der Waals surface area contributed by atoms with Crippen LogP contribution >= 0.6 is 0 Å². The van der Waals surface area contributed by atoms with Crippen molar-refractivity contribution in [2.24, 2.45) is 11.3 Å². The summed E-state index contributed by atoms with van der Waals surface area (Å²) in [6, 6.07) is 1.07. The van der Waals surface area contributed by atoms with Crippen molar-refractivity contribution in [2.75, 3.05) is 6.54 Å². The molecular formula is C26H35F5N4O3. The van der Waals surface area contributed by atoms with Crippen LogP contribution < -0.4 is 10.1 Å². The number of rotatable bonds is 9. The molecule has 0 aromatic carbocycles. The number of carbonyl (C=O) groups is 1. The standard InChI is InChI=1S/C26H35F5N4O3/c1-6-35-21(16(3)20(34-35)22(36)33-14-25(37)9-7-15(2)8-10-25)18-13-32-17(11-19(18)38-23(27)28)12-24(4,5)26(29,30)31/h11,13,15,23,37H,6-10,12,14H2,1-5H3,(H,33,36)/t15-,25+. The number of ether oxygens (including phenoxy) is 1. The lowest BCUT2D eigenvalue weighted by Crippen LogP contribution is -2.45. The molecule has 1 saturated carbocycles. The minimum Gasteiger partial charge on any atom is -0.434 e. The quantitative estimate of drug-likeness (QED) is 0.396. The largest absolute Gasteiger partial charge is 0.434 e. The highest BCUT2D eigenvalue weighted by Gasteiger charge is 2.47. The van der Waals surface area contributed by atoms with E-state index in [2.05, 4.69) is 27.1 Å². The Balaban J connectivity index is 1.93. The van der Waals surface area contributed by atoms with Gasteiger partial charge in [0.25, 0.3) is 5.91 Å². The van der Waals surface area contributed by atoms with Crippen molar-refractivity contribution in [3.8, 4) is 17.0 Å². The van der Waals surface area contributed by atoms with Gasteiger partial charge in [-0.1, -0.05) is 20.8 Å². The van der Waals surface area contributed by atoms with E-state index in [0.29, 0.717) is 24.3 Å². The Kier molecular flexibility index (Phi) is 8.74. The summed E-state index contributed by atoms with van der Waals surface area (Å²) in [6.45, 7) is 4.53. The summed E-state index contributed by atoms with van der Waals surface area (Å²) in [5, 5.41) is 17.9. The molecule has 12 heteroatoms. The Labute approximate surface area is 218 Å². The van der Waals surface area contributed by atoms with E-state index < -0.39 is 36.1 Å². The minimum atomic E-state index is -4.53. The first-order valence-electron chi connectivity index (χ1n) is 12.7. The molecular weight excluding hydrogens is 511 g/mol. The Bertz CT molecular complexity index is 1140. The van der Waals surface area contributed by atoms with E-state index >= 15 is 0 Å². The van der Waals surface area contributed by atoms with E-state index in [4.69, 9.17) is 0 Å².